The Balaban J connectivity index is 1.29. The van der Waals surface area contributed by atoms with E-state index in [2.05, 4.69) is 26.8 Å². The zero-order valence-corrected chi connectivity index (χ0v) is 22.8. The highest BCUT2D eigenvalue weighted by atomic mass is 16.3. The van der Waals surface area contributed by atoms with Crippen LogP contribution in [0, 0.1) is 0 Å². The van der Waals surface area contributed by atoms with Gasteiger partial charge in [0.05, 0.1) is 24.3 Å². The van der Waals surface area contributed by atoms with Crippen LogP contribution < -0.4 is 15.8 Å². The maximum atomic E-state index is 13.2. The predicted molar refractivity (Wildman–Crippen MR) is 153 cm³/mol. The van der Waals surface area contributed by atoms with Crippen molar-refractivity contribution in [3.8, 4) is 5.82 Å². The molecule has 3 saturated heterocycles. The van der Waals surface area contributed by atoms with Gasteiger partial charge in [-0.1, -0.05) is 12.1 Å². The summed E-state index contributed by atoms with van der Waals surface area (Å²) < 4.78 is 3.13. The standard InChI is InChI=1S/C29H32N8O3/c1-5-13-35-27(39)23-15-30-28(33-26(23)37(35)25-8-6-7-24(32-25)29(3,4)40)31-19-9-11-20(12-10-19)34-16-21-14-22(17-34)36(21)18(2)38/h5-12,15,21-22,40H,1,13-14,16-17H2,2-4H3,(H,30,31,33). The molecule has 1 amide bonds. The number of aromatic nitrogens is 5. The molecule has 3 fully saturated rings. The minimum absolute atomic E-state index is 0.156. The summed E-state index contributed by atoms with van der Waals surface area (Å²) in [4.78, 5) is 43.1. The molecule has 2 bridgehead atoms. The Morgan fingerprint density at radius 1 is 1.15 bits per heavy atom. The highest BCUT2D eigenvalue weighted by Gasteiger charge is 2.45. The highest BCUT2D eigenvalue weighted by molar-refractivity contribution is 5.77. The van der Waals surface area contributed by atoms with Crippen LogP contribution in [-0.2, 0) is 16.9 Å². The molecule has 40 heavy (non-hydrogen) atoms. The SMILES string of the molecule is C=CCn1c(=O)c2cnc(Nc3ccc(N4CC5CC(C4)N5C(C)=O)cc3)nc2n1-c1cccc(C(C)(C)O)n1. The maximum absolute atomic E-state index is 13.2. The van der Waals surface area contributed by atoms with Crippen molar-refractivity contribution in [3.05, 3.63) is 77.4 Å². The zero-order valence-electron chi connectivity index (χ0n) is 22.8. The number of carbonyl (C=O) groups is 1. The lowest BCUT2D eigenvalue weighted by Gasteiger charge is -2.56. The molecular weight excluding hydrogens is 508 g/mol. The van der Waals surface area contributed by atoms with Crippen LogP contribution >= 0.6 is 0 Å². The number of piperazine rings is 1. The van der Waals surface area contributed by atoms with Crippen molar-refractivity contribution >= 4 is 34.3 Å². The Kier molecular flexibility index (Phi) is 6.18. The summed E-state index contributed by atoms with van der Waals surface area (Å²) >= 11 is 0. The van der Waals surface area contributed by atoms with E-state index in [0.29, 0.717) is 40.6 Å². The summed E-state index contributed by atoms with van der Waals surface area (Å²) in [5.74, 6) is 0.939. The minimum Gasteiger partial charge on any atom is -0.384 e. The number of hydrogen-bond donors (Lipinski definition) is 2. The first-order chi connectivity index (χ1) is 19.1. The van der Waals surface area contributed by atoms with E-state index in [9.17, 15) is 14.7 Å². The highest BCUT2D eigenvalue weighted by Crippen LogP contribution is 2.35. The van der Waals surface area contributed by atoms with E-state index in [1.807, 2.05) is 29.2 Å². The molecule has 3 aromatic heterocycles. The maximum Gasteiger partial charge on any atom is 0.278 e. The molecule has 11 nitrogen and oxygen atoms in total. The van der Waals surface area contributed by atoms with Crippen molar-refractivity contribution in [1.82, 2.24) is 29.2 Å². The average molecular weight is 541 g/mol. The molecule has 2 unspecified atom stereocenters. The number of anilines is 3. The molecule has 3 aliphatic heterocycles. The Labute approximate surface area is 231 Å². The molecule has 0 radical (unpaired) electrons. The second-order valence-electron chi connectivity index (χ2n) is 10.9. The third kappa shape index (κ3) is 4.41. The van der Waals surface area contributed by atoms with Crippen LogP contribution in [0.1, 0.15) is 32.9 Å². The summed E-state index contributed by atoms with van der Waals surface area (Å²) in [6.07, 6.45) is 4.22. The fraction of sp³-hybridized carbons (Fsp3) is 0.345. The van der Waals surface area contributed by atoms with Crippen LogP contribution in [0.4, 0.5) is 17.3 Å². The molecule has 6 heterocycles. The molecule has 1 aromatic carbocycles. The van der Waals surface area contributed by atoms with E-state index in [1.54, 1.807) is 49.7 Å². The molecule has 11 heteroatoms. The van der Waals surface area contributed by atoms with Gasteiger partial charge in [0.15, 0.2) is 11.5 Å². The number of fused-ring (bicyclic) bond motifs is 3. The molecular formula is C29H32N8O3. The van der Waals surface area contributed by atoms with Gasteiger partial charge >= 0.3 is 0 Å². The normalized spacial score (nSPS) is 18.5. The van der Waals surface area contributed by atoms with E-state index in [0.717, 1.165) is 30.9 Å². The molecule has 0 aliphatic carbocycles. The topological polar surface area (TPSA) is 121 Å². The summed E-state index contributed by atoms with van der Waals surface area (Å²) in [7, 11) is 0. The first kappa shape index (κ1) is 25.8. The Morgan fingerprint density at radius 2 is 1.88 bits per heavy atom. The second kappa shape index (κ2) is 9.60. The molecule has 0 spiro atoms. The van der Waals surface area contributed by atoms with Gasteiger partial charge in [-0.25, -0.2) is 19.3 Å². The van der Waals surface area contributed by atoms with Crippen LogP contribution in [0.5, 0.6) is 0 Å². The number of pyridine rings is 1. The third-order valence-corrected chi connectivity index (χ3v) is 7.60. The quantitative estimate of drug-likeness (QED) is 0.343. The number of benzene rings is 1. The van der Waals surface area contributed by atoms with Gasteiger partial charge in [0.1, 0.15) is 11.0 Å². The van der Waals surface area contributed by atoms with Crippen molar-refractivity contribution < 1.29 is 9.90 Å². The molecule has 3 aliphatic rings. The van der Waals surface area contributed by atoms with Crippen molar-refractivity contribution in [1.29, 1.82) is 0 Å². The van der Waals surface area contributed by atoms with Crippen LogP contribution in [-0.4, -0.2) is 65.4 Å². The first-order valence-electron chi connectivity index (χ1n) is 13.3. The van der Waals surface area contributed by atoms with E-state index < -0.39 is 5.60 Å². The van der Waals surface area contributed by atoms with Gasteiger partial charge in [-0.2, -0.15) is 4.98 Å². The van der Waals surface area contributed by atoms with Gasteiger partial charge in [-0.15, -0.1) is 6.58 Å². The average Bonchev–Trinajstić information content (AvgIpc) is 3.19. The zero-order chi connectivity index (χ0) is 28.2. The van der Waals surface area contributed by atoms with Gasteiger partial charge < -0.3 is 20.2 Å². The van der Waals surface area contributed by atoms with Crippen LogP contribution in [0.2, 0.25) is 0 Å². The second-order valence-corrected chi connectivity index (χ2v) is 10.9. The molecule has 206 valence electrons. The smallest absolute Gasteiger partial charge is 0.278 e. The van der Waals surface area contributed by atoms with Gasteiger partial charge in [-0.05, 0) is 56.7 Å². The van der Waals surface area contributed by atoms with Gasteiger partial charge in [-0.3, -0.25) is 9.59 Å². The monoisotopic (exact) mass is 540 g/mol. The molecule has 2 N–H and O–H groups in total. The lowest BCUT2D eigenvalue weighted by atomic mass is 9.87. The van der Waals surface area contributed by atoms with E-state index in [4.69, 9.17) is 4.98 Å². The predicted octanol–water partition coefficient (Wildman–Crippen LogP) is 2.94. The number of rotatable bonds is 7. The number of nitrogens with one attached hydrogen (secondary N) is 1. The van der Waals surface area contributed by atoms with Crippen LogP contribution in [0.25, 0.3) is 16.9 Å². The third-order valence-electron chi connectivity index (χ3n) is 7.60. The molecule has 7 rings (SSSR count). The number of allylic oxidation sites excluding steroid dienone is 1. The van der Waals surface area contributed by atoms with Crippen molar-refractivity contribution in [2.24, 2.45) is 0 Å². The van der Waals surface area contributed by atoms with Gasteiger partial charge in [0, 0.05) is 37.6 Å². The van der Waals surface area contributed by atoms with Crippen LogP contribution in [0.3, 0.4) is 0 Å². The summed E-state index contributed by atoms with van der Waals surface area (Å²) in [6.45, 7) is 10.7. The fourth-order valence-corrected chi connectivity index (χ4v) is 5.71. The van der Waals surface area contributed by atoms with Gasteiger partial charge in [0.25, 0.3) is 5.56 Å². The lowest BCUT2D eigenvalue weighted by molar-refractivity contribution is -0.143. The van der Waals surface area contributed by atoms with Crippen molar-refractivity contribution in [3.63, 3.8) is 0 Å². The number of carbonyl (C=O) groups excluding carboxylic acids is 1. The number of piperidine rings is 1. The van der Waals surface area contributed by atoms with Gasteiger partial charge in [0.2, 0.25) is 11.9 Å². The Morgan fingerprint density at radius 3 is 2.52 bits per heavy atom. The summed E-state index contributed by atoms with van der Waals surface area (Å²) in [5.41, 5.74) is 1.35. The van der Waals surface area contributed by atoms with Crippen molar-refractivity contribution in [2.75, 3.05) is 23.3 Å². The number of hydrogen-bond acceptors (Lipinski definition) is 8. The fourth-order valence-electron chi connectivity index (χ4n) is 5.71. The number of aliphatic hydroxyl groups is 1. The van der Waals surface area contributed by atoms with E-state index in [1.165, 1.54) is 10.9 Å². The first-order valence-corrected chi connectivity index (χ1v) is 13.3. The largest absolute Gasteiger partial charge is 0.384 e. The van der Waals surface area contributed by atoms with E-state index >= 15 is 0 Å². The Bertz CT molecular complexity index is 1660. The minimum atomic E-state index is -1.15. The number of amides is 1. The summed E-state index contributed by atoms with van der Waals surface area (Å²) in [6, 6.07) is 13.9. The molecule has 4 aromatic rings. The van der Waals surface area contributed by atoms with Crippen LogP contribution in [0.15, 0.2) is 66.1 Å². The molecule has 0 saturated carbocycles. The molecule has 2 atom stereocenters. The van der Waals surface area contributed by atoms with Crippen molar-refractivity contribution in [2.45, 2.75) is 51.4 Å². The van der Waals surface area contributed by atoms with E-state index in [-0.39, 0.29) is 18.0 Å². The Hall–Kier alpha value is -4.51. The summed E-state index contributed by atoms with van der Waals surface area (Å²) in [5, 5.41) is 14.1. The lowest BCUT2D eigenvalue weighted by Crippen LogP contribution is -2.69. The number of nitrogens with zero attached hydrogens (tertiary/aromatic N) is 7.